The van der Waals surface area contributed by atoms with Crippen molar-refractivity contribution in [2.24, 2.45) is 0 Å². The summed E-state index contributed by atoms with van der Waals surface area (Å²) in [5.74, 6) is -0.102. The average molecular weight is 339 g/mol. The predicted molar refractivity (Wildman–Crippen MR) is 81.5 cm³/mol. The molecule has 2 nitrogen and oxygen atoms in total. The zero-order valence-electron chi connectivity index (χ0n) is 10.4. The maximum Gasteiger partial charge on any atom is 0.252 e. The smallest absolute Gasteiger partial charge is 0.252 e. The Bertz CT molecular complexity index is 583. The fourth-order valence-corrected chi connectivity index (χ4v) is 2.35. The van der Waals surface area contributed by atoms with Crippen LogP contribution in [-0.4, -0.2) is 5.91 Å². The molecule has 2 aromatic carbocycles. The van der Waals surface area contributed by atoms with E-state index in [1.807, 2.05) is 49.4 Å². The summed E-state index contributed by atoms with van der Waals surface area (Å²) >= 11 is 9.22. The predicted octanol–water partition coefficient (Wildman–Crippen LogP) is 4.59. The van der Waals surface area contributed by atoms with Gasteiger partial charge < -0.3 is 5.32 Å². The van der Waals surface area contributed by atoms with Crippen LogP contribution in [0, 0.1) is 0 Å². The zero-order valence-corrected chi connectivity index (χ0v) is 12.7. The van der Waals surface area contributed by atoms with E-state index < -0.39 is 0 Å². The third-order valence-electron chi connectivity index (χ3n) is 2.84. The summed E-state index contributed by atoms with van der Waals surface area (Å²) in [7, 11) is 0. The molecule has 98 valence electrons. The highest BCUT2D eigenvalue weighted by Crippen LogP contribution is 2.19. The molecule has 0 saturated carbocycles. The molecule has 0 fully saturated rings. The summed E-state index contributed by atoms with van der Waals surface area (Å²) < 4.78 is 0.788. The maximum absolute atomic E-state index is 12.1. The first-order valence-electron chi connectivity index (χ1n) is 5.89. The molecule has 1 amide bonds. The van der Waals surface area contributed by atoms with E-state index in [-0.39, 0.29) is 11.9 Å². The van der Waals surface area contributed by atoms with Crippen molar-refractivity contribution in [3.05, 3.63) is 69.2 Å². The van der Waals surface area contributed by atoms with Gasteiger partial charge in [-0.1, -0.05) is 35.9 Å². The van der Waals surface area contributed by atoms with Crippen LogP contribution < -0.4 is 5.32 Å². The van der Waals surface area contributed by atoms with Crippen LogP contribution in [0.3, 0.4) is 0 Å². The van der Waals surface area contributed by atoms with Crippen molar-refractivity contribution in [2.45, 2.75) is 13.0 Å². The van der Waals surface area contributed by atoms with Crippen LogP contribution in [0.1, 0.15) is 28.9 Å². The first-order valence-corrected chi connectivity index (χ1v) is 7.06. The van der Waals surface area contributed by atoms with Crippen LogP contribution in [-0.2, 0) is 0 Å². The molecule has 0 saturated heterocycles. The molecule has 0 radical (unpaired) electrons. The van der Waals surface area contributed by atoms with Crippen molar-refractivity contribution in [3.8, 4) is 0 Å². The molecule has 0 aromatic heterocycles. The van der Waals surface area contributed by atoms with Crippen LogP contribution in [0.4, 0.5) is 0 Å². The highest BCUT2D eigenvalue weighted by molar-refractivity contribution is 9.10. The molecular formula is C15H13BrClNO. The number of carbonyl (C=O) groups excluding carboxylic acids is 1. The zero-order chi connectivity index (χ0) is 13.8. The van der Waals surface area contributed by atoms with Crippen molar-refractivity contribution in [2.75, 3.05) is 0 Å². The van der Waals surface area contributed by atoms with Crippen LogP contribution in [0.5, 0.6) is 0 Å². The summed E-state index contributed by atoms with van der Waals surface area (Å²) in [6, 6.07) is 14.7. The fraction of sp³-hybridized carbons (Fsp3) is 0.133. The Labute approximate surface area is 125 Å². The summed E-state index contributed by atoms with van der Waals surface area (Å²) in [5, 5.41) is 3.65. The van der Waals surface area contributed by atoms with Gasteiger partial charge in [0.2, 0.25) is 0 Å². The van der Waals surface area contributed by atoms with Crippen molar-refractivity contribution in [1.82, 2.24) is 5.32 Å². The van der Waals surface area contributed by atoms with E-state index in [1.165, 1.54) is 0 Å². The van der Waals surface area contributed by atoms with E-state index in [0.29, 0.717) is 10.6 Å². The van der Waals surface area contributed by atoms with Gasteiger partial charge in [0.1, 0.15) is 0 Å². The van der Waals surface area contributed by atoms with Gasteiger partial charge in [-0.25, -0.2) is 0 Å². The second-order valence-corrected chi connectivity index (χ2v) is 5.52. The summed E-state index contributed by atoms with van der Waals surface area (Å²) in [6.45, 7) is 1.94. The number of hydrogen-bond acceptors (Lipinski definition) is 1. The minimum atomic E-state index is -0.102. The Kier molecular flexibility index (Phi) is 4.61. The minimum absolute atomic E-state index is 0.0723. The van der Waals surface area contributed by atoms with Gasteiger partial charge in [0, 0.05) is 9.50 Å². The minimum Gasteiger partial charge on any atom is -0.345 e. The monoisotopic (exact) mass is 337 g/mol. The third kappa shape index (κ3) is 3.58. The number of hydrogen-bond donors (Lipinski definition) is 1. The molecule has 0 aliphatic carbocycles. The molecule has 4 heteroatoms. The van der Waals surface area contributed by atoms with Gasteiger partial charge in [0.25, 0.3) is 5.91 Å². The lowest BCUT2D eigenvalue weighted by Crippen LogP contribution is -2.26. The van der Waals surface area contributed by atoms with Gasteiger partial charge >= 0.3 is 0 Å². The number of halogens is 2. The van der Waals surface area contributed by atoms with E-state index in [9.17, 15) is 4.79 Å². The second-order valence-electron chi connectivity index (χ2n) is 4.23. The molecule has 2 aromatic rings. The maximum atomic E-state index is 12.1. The molecule has 0 heterocycles. The Morgan fingerprint density at radius 1 is 1.16 bits per heavy atom. The topological polar surface area (TPSA) is 29.1 Å². The normalized spacial score (nSPS) is 11.9. The Morgan fingerprint density at radius 2 is 1.79 bits per heavy atom. The van der Waals surface area contributed by atoms with Gasteiger partial charge in [-0.2, -0.15) is 0 Å². The lowest BCUT2D eigenvalue weighted by atomic mass is 10.1. The van der Waals surface area contributed by atoms with Gasteiger partial charge in [-0.05, 0) is 52.7 Å². The van der Waals surface area contributed by atoms with E-state index in [0.717, 1.165) is 10.0 Å². The van der Waals surface area contributed by atoms with Gasteiger partial charge in [-0.15, -0.1) is 0 Å². The number of amides is 1. The molecular weight excluding hydrogens is 326 g/mol. The second kappa shape index (κ2) is 6.22. The van der Waals surface area contributed by atoms with Crippen molar-refractivity contribution in [3.63, 3.8) is 0 Å². The summed E-state index contributed by atoms with van der Waals surface area (Å²) in [4.78, 5) is 12.1. The largest absolute Gasteiger partial charge is 0.345 e. The highest BCUT2D eigenvalue weighted by Gasteiger charge is 2.13. The van der Waals surface area contributed by atoms with Crippen LogP contribution in [0.25, 0.3) is 0 Å². The highest BCUT2D eigenvalue weighted by atomic mass is 79.9. The molecule has 0 spiro atoms. The first kappa shape index (κ1) is 14.1. The van der Waals surface area contributed by atoms with Crippen molar-refractivity contribution in [1.29, 1.82) is 0 Å². The standard InChI is InChI=1S/C15H13BrClNO/c1-10(11-6-8-12(17)9-7-11)18-15(19)13-4-2-3-5-14(13)16/h2-10H,1H3,(H,18,19)/t10-/m1/s1. The number of nitrogens with one attached hydrogen (secondary N) is 1. The third-order valence-corrected chi connectivity index (χ3v) is 3.78. The Morgan fingerprint density at radius 3 is 2.42 bits per heavy atom. The Balaban J connectivity index is 2.11. The quantitative estimate of drug-likeness (QED) is 0.871. The fourth-order valence-electron chi connectivity index (χ4n) is 1.75. The number of carbonyl (C=O) groups is 1. The average Bonchev–Trinajstić information content (AvgIpc) is 2.39. The van der Waals surface area contributed by atoms with E-state index in [4.69, 9.17) is 11.6 Å². The molecule has 0 bridgehead atoms. The molecule has 0 unspecified atom stereocenters. The van der Waals surface area contributed by atoms with Gasteiger partial charge in [-0.3, -0.25) is 4.79 Å². The van der Waals surface area contributed by atoms with E-state index in [1.54, 1.807) is 6.07 Å². The Hall–Kier alpha value is -1.32. The number of rotatable bonds is 3. The van der Waals surface area contributed by atoms with E-state index >= 15 is 0 Å². The SMILES string of the molecule is C[C@@H](NC(=O)c1ccccc1Br)c1ccc(Cl)cc1. The lowest BCUT2D eigenvalue weighted by molar-refractivity contribution is 0.0939. The lowest BCUT2D eigenvalue weighted by Gasteiger charge is -2.15. The van der Waals surface area contributed by atoms with Crippen molar-refractivity contribution < 1.29 is 4.79 Å². The van der Waals surface area contributed by atoms with Gasteiger partial charge in [0.15, 0.2) is 0 Å². The van der Waals surface area contributed by atoms with Crippen LogP contribution in [0.15, 0.2) is 53.0 Å². The van der Waals surface area contributed by atoms with Crippen LogP contribution >= 0.6 is 27.5 Å². The van der Waals surface area contributed by atoms with E-state index in [2.05, 4.69) is 21.2 Å². The first-order chi connectivity index (χ1) is 9.08. The molecule has 1 N–H and O–H groups in total. The summed E-state index contributed by atoms with van der Waals surface area (Å²) in [5.41, 5.74) is 1.65. The molecule has 1 atom stereocenters. The van der Waals surface area contributed by atoms with Crippen LogP contribution in [0.2, 0.25) is 5.02 Å². The molecule has 2 rings (SSSR count). The molecule has 19 heavy (non-hydrogen) atoms. The molecule has 0 aliphatic rings. The van der Waals surface area contributed by atoms with Crippen molar-refractivity contribution >= 4 is 33.4 Å². The van der Waals surface area contributed by atoms with Gasteiger partial charge in [0.05, 0.1) is 11.6 Å². The molecule has 0 aliphatic heterocycles. The number of benzene rings is 2. The summed E-state index contributed by atoms with van der Waals surface area (Å²) in [6.07, 6.45) is 0.